The third-order valence-electron chi connectivity index (χ3n) is 12.0. The van der Waals surface area contributed by atoms with Gasteiger partial charge in [-0.1, -0.05) is 113 Å². The second kappa shape index (κ2) is 11.0. The van der Waals surface area contributed by atoms with E-state index in [-0.39, 0.29) is 10.8 Å². The van der Waals surface area contributed by atoms with Crippen molar-refractivity contribution in [3.05, 3.63) is 149 Å². The van der Waals surface area contributed by atoms with Gasteiger partial charge >= 0.3 is 0 Å². The largest absolute Gasteiger partial charge is 0.309 e. The molecule has 3 nitrogen and oxygen atoms in total. The Kier molecular flexibility index (Phi) is 6.52. The van der Waals surface area contributed by atoms with E-state index in [1.165, 1.54) is 73.5 Å². The van der Waals surface area contributed by atoms with Crippen LogP contribution in [0.4, 0.5) is 0 Å². The number of para-hydroxylation sites is 1. The van der Waals surface area contributed by atoms with Gasteiger partial charge < -0.3 is 4.57 Å². The number of hydrogen-bond donors (Lipinski definition) is 0. The Morgan fingerprint density at radius 3 is 2.12 bits per heavy atom. The van der Waals surface area contributed by atoms with E-state index in [9.17, 15) is 0 Å². The molecule has 8 aromatic rings. The lowest BCUT2D eigenvalue weighted by Crippen LogP contribution is -2.33. The molecule has 0 N–H and O–H groups in total. The van der Waals surface area contributed by atoms with Crippen molar-refractivity contribution in [2.24, 2.45) is 0 Å². The van der Waals surface area contributed by atoms with Gasteiger partial charge in [0, 0.05) is 32.8 Å². The van der Waals surface area contributed by atoms with Crippen LogP contribution in [0.5, 0.6) is 0 Å². The van der Waals surface area contributed by atoms with Crippen LogP contribution < -0.4 is 0 Å². The summed E-state index contributed by atoms with van der Waals surface area (Å²) in [4.78, 5) is 10.6. The molecule has 2 heterocycles. The summed E-state index contributed by atoms with van der Waals surface area (Å²) in [6.07, 6.45) is 6.63. The lowest BCUT2D eigenvalue weighted by molar-refractivity contribution is 0.332. The van der Waals surface area contributed by atoms with Gasteiger partial charge in [0.25, 0.3) is 0 Å². The molecule has 0 amide bonds. The van der Waals surface area contributed by atoms with Crippen molar-refractivity contribution in [3.8, 4) is 16.9 Å². The molecule has 2 aliphatic carbocycles. The number of fused-ring (bicyclic) bond motifs is 8. The highest BCUT2D eigenvalue weighted by atomic mass is 15.0. The SMILES string of the molecule is CC1(C)CCC(C)(C)c2cc3c(cc21)c1ccccc1n3-c1ccc2c(c1)C=C(c1nc(-c3ccccc3)c3ccc4ccccc4c3n1)CC2. The Bertz CT molecular complexity index is 2740. The van der Waals surface area contributed by atoms with E-state index in [0.717, 1.165) is 46.2 Å². The molecule has 0 unspecified atom stereocenters. The van der Waals surface area contributed by atoms with Crippen molar-refractivity contribution in [2.75, 3.05) is 0 Å². The number of nitrogens with zero attached hydrogens (tertiary/aromatic N) is 3. The maximum atomic E-state index is 5.32. The quantitative estimate of drug-likeness (QED) is 0.177. The van der Waals surface area contributed by atoms with Crippen LogP contribution in [0.25, 0.3) is 72.1 Å². The van der Waals surface area contributed by atoms with Crippen molar-refractivity contribution in [1.29, 1.82) is 0 Å². The first-order valence-electron chi connectivity index (χ1n) is 18.4. The van der Waals surface area contributed by atoms with Crippen LogP contribution in [-0.4, -0.2) is 14.5 Å². The molecule has 6 aromatic carbocycles. The third-order valence-corrected chi connectivity index (χ3v) is 12.0. The lowest BCUT2D eigenvalue weighted by atomic mass is 9.63. The minimum atomic E-state index is 0.137. The summed E-state index contributed by atoms with van der Waals surface area (Å²) in [6.45, 7) is 9.69. The van der Waals surface area contributed by atoms with E-state index in [0.29, 0.717) is 0 Å². The van der Waals surface area contributed by atoms with Gasteiger partial charge in [-0.25, -0.2) is 9.97 Å². The van der Waals surface area contributed by atoms with Gasteiger partial charge in [0.05, 0.1) is 22.2 Å². The molecule has 51 heavy (non-hydrogen) atoms. The zero-order valence-corrected chi connectivity index (χ0v) is 29.8. The molecule has 0 aliphatic heterocycles. The molecule has 0 spiro atoms. The van der Waals surface area contributed by atoms with Gasteiger partial charge in [-0.05, 0) is 112 Å². The van der Waals surface area contributed by atoms with E-state index >= 15 is 0 Å². The molecule has 0 saturated carbocycles. The van der Waals surface area contributed by atoms with Crippen molar-refractivity contribution in [2.45, 2.75) is 64.2 Å². The molecule has 0 atom stereocenters. The number of allylic oxidation sites excluding steroid dienone is 1. The molecular formula is C48H41N3. The van der Waals surface area contributed by atoms with Crippen molar-refractivity contribution < 1.29 is 0 Å². The normalized spacial score (nSPS) is 16.4. The van der Waals surface area contributed by atoms with Gasteiger partial charge in [-0.15, -0.1) is 0 Å². The summed E-state index contributed by atoms with van der Waals surface area (Å²) < 4.78 is 2.50. The van der Waals surface area contributed by atoms with Crippen LogP contribution in [0, 0.1) is 0 Å². The minimum absolute atomic E-state index is 0.137. The minimum Gasteiger partial charge on any atom is -0.309 e. The van der Waals surface area contributed by atoms with Crippen LogP contribution in [0.15, 0.2) is 121 Å². The highest BCUT2D eigenvalue weighted by molar-refractivity contribution is 6.11. The molecule has 2 aliphatic rings. The fraction of sp³-hybridized carbons (Fsp3) is 0.208. The van der Waals surface area contributed by atoms with Gasteiger partial charge in [-0.2, -0.15) is 0 Å². The van der Waals surface area contributed by atoms with E-state index in [1.807, 2.05) is 0 Å². The summed E-state index contributed by atoms with van der Waals surface area (Å²) in [7, 11) is 0. The maximum absolute atomic E-state index is 5.32. The highest BCUT2D eigenvalue weighted by Gasteiger charge is 2.38. The van der Waals surface area contributed by atoms with Crippen LogP contribution >= 0.6 is 0 Å². The fourth-order valence-corrected chi connectivity index (χ4v) is 8.92. The standard InChI is InChI=1S/C48H41N3/c1-47(2)24-25-48(3,4)41-29-43-39(28-40(41)47)37-16-10-11-17-42(37)51(43)35-22-20-30-18-19-33(26-34(30)27-35)46-49-44(32-13-6-5-7-14-32)38-23-21-31-12-8-9-15-36(31)45(38)50-46/h5-17,20-23,26-29H,18-19,24-25H2,1-4H3. The zero-order valence-electron chi connectivity index (χ0n) is 29.8. The first kappa shape index (κ1) is 30.3. The first-order chi connectivity index (χ1) is 24.7. The Labute approximate surface area is 299 Å². The zero-order chi connectivity index (χ0) is 34.5. The molecule has 0 saturated heterocycles. The summed E-state index contributed by atoms with van der Waals surface area (Å²) in [5.74, 6) is 0.821. The Hall–Kier alpha value is -5.54. The predicted octanol–water partition coefficient (Wildman–Crippen LogP) is 12.4. The smallest absolute Gasteiger partial charge is 0.156 e. The van der Waals surface area contributed by atoms with Crippen molar-refractivity contribution in [3.63, 3.8) is 0 Å². The number of hydrogen-bond acceptors (Lipinski definition) is 2. The summed E-state index contributed by atoms with van der Waals surface area (Å²) in [5.41, 5.74) is 14.0. The van der Waals surface area contributed by atoms with E-state index in [2.05, 4.69) is 160 Å². The van der Waals surface area contributed by atoms with Crippen molar-refractivity contribution in [1.82, 2.24) is 14.5 Å². The Morgan fingerprint density at radius 2 is 1.29 bits per heavy atom. The molecule has 248 valence electrons. The topological polar surface area (TPSA) is 30.7 Å². The van der Waals surface area contributed by atoms with Gasteiger partial charge in [0.15, 0.2) is 5.82 Å². The third kappa shape index (κ3) is 4.71. The fourth-order valence-electron chi connectivity index (χ4n) is 8.92. The van der Waals surface area contributed by atoms with E-state index in [4.69, 9.17) is 9.97 Å². The second-order valence-electron chi connectivity index (χ2n) is 16.0. The molecule has 2 aromatic heterocycles. The molecule has 0 bridgehead atoms. The average Bonchev–Trinajstić information content (AvgIpc) is 3.49. The number of aromatic nitrogens is 3. The van der Waals surface area contributed by atoms with Crippen LogP contribution in [0.1, 0.15) is 75.0 Å². The summed E-state index contributed by atoms with van der Waals surface area (Å²) >= 11 is 0. The number of rotatable bonds is 3. The van der Waals surface area contributed by atoms with Crippen LogP contribution in [-0.2, 0) is 17.3 Å². The number of benzene rings is 6. The first-order valence-corrected chi connectivity index (χ1v) is 18.4. The summed E-state index contributed by atoms with van der Waals surface area (Å²) in [5, 5.41) is 6.10. The number of aryl methyl sites for hydroxylation is 1. The lowest BCUT2D eigenvalue weighted by Gasteiger charge is -2.42. The van der Waals surface area contributed by atoms with E-state index in [1.54, 1.807) is 0 Å². The monoisotopic (exact) mass is 659 g/mol. The van der Waals surface area contributed by atoms with Crippen LogP contribution in [0.2, 0.25) is 0 Å². The van der Waals surface area contributed by atoms with Crippen molar-refractivity contribution >= 4 is 55.1 Å². The Morgan fingerprint density at radius 1 is 0.569 bits per heavy atom. The second-order valence-corrected chi connectivity index (χ2v) is 16.0. The predicted molar refractivity (Wildman–Crippen MR) is 215 cm³/mol. The van der Waals surface area contributed by atoms with Gasteiger partial charge in [0.2, 0.25) is 0 Å². The highest BCUT2D eigenvalue weighted by Crippen LogP contribution is 2.48. The average molecular weight is 660 g/mol. The molecular weight excluding hydrogens is 619 g/mol. The van der Waals surface area contributed by atoms with Crippen LogP contribution in [0.3, 0.4) is 0 Å². The van der Waals surface area contributed by atoms with Gasteiger partial charge in [0.1, 0.15) is 0 Å². The van der Waals surface area contributed by atoms with E-state index < -0.39 is 0 Å². The molecule has 0 fully saturated rings. The molecule has 10 rings (SSSR count). The maximum Gasteiger partial charge on any atom is 0.156 e. The molecule has 3 heteroatoms. The summed E-state index contributed by atoms with van der Waals surface area (Å²) in [6, 6.07) is 44.5. The Balaban J connectivity index is 1.17. The molecule has 0 radical (unpaired) electrons. The van der Waals surface area contributed by atoms with Gasteiger partial charge in [-0.3, -0.25) is 0 Å².